The minimum Gasteiger partial charge on any atom is -0.467 e. The number of hydrogen-bond donors (Lipinski definition) is 1. The van der Waals surface area contributed by atoms with Crippen LogP contribution in [0.25, 0.3) is 0 Å². The highest BCUT2D eigenvalue weighted by atomic mass is 16.5. The molecule has 0 aromatic heterocycles. The van der Waals surface area contributed by atoms with Gasteiger partial charge in [0.15, 0.2) is 6.61 Å². The largest absolute Gasteiger partial charge is 0.467 e. The molecular formula is C22H23NO5. The molecule has 1 amide bonds. The van der Waals surface area contributed by atoms with E-state index in [2.05, 4.69) is 5.32 Å². The summed E-state index contributed by atoms with van der Waals surface area (Å²) in [5.41, 5.74) is 3.74. The summed E-state index contributed by atoms with van der Waals surface area (Å²) < 4.78 is 9.87. The van der Waals surface area contributed by atoms with Gasteiger partial charge in [0.05, 0.1) is 12.7 Å². The zero-order valence-electron chi connectivity index (χ0n) is 15.8. The highest BCUT2D eigenvalue weighted by Gasteiger charge is 2.23. The van der Waals surface area contributed by atoms with Crippen molar-refractivity contribution in [3.63, 3.8) is 0 Å². The SMILES string of the molecule is COC(=O)C(Cc1ccccc1)NC(=O)COC(=O)c1ccc2c(c1)CCC2. The Kier molecular flexibility index (Phi) is 6.42. The van der Waals surface area contributed by atoms with Gasteiger partial charge in [-0.2, -0.15) is 0 Å². The van der Waals surface area contributed by atoms with Crippen molar-refractivity contribution < 1.29 is 23.9 Å². The summed E-state index contributed by atoms with van der Waals surface area (Å²) >= 11 is 0. The van der Waals surface area contributed by atoms with Crippen LogP contribution in [0, 0.1) is 0 Å². The molecule has 3 rings (SSSR count). The topological polar surface area (TPSA) is 81.7 Å². The Labute approximate surface area is 163 Å². The summed E-state index contributed by atoms with van der Waals surface area (Å²) in [4.78, 5) is 36.4. The van der Waals surface area contributed by atoms with E-state index < -0.39 is 30.5 Å². The van der Waals surface area contributed by atoms with Gasteiger partial charge < -0.3 is 14.8 Å². The van der Waals surface area contributed by atoms with E-state index in [1.165, 1.54) is 12.7 Å². The number of benzene rings is 2. The summed E-state index contributed by atoms with van der Waals surface area (Å²) in [5.74, 6) is -1.66. The number of rotatable bonds is 7. The molecule has 0 radical (unpaired) electrons. The third-order valence-electron chi connectivity index (χ3n) is 4.77. The normalized spacial score (nSPS) is 13.3. The molecule has 0 bridgehead atoms. The first-order chi connectivity index (χ1) is 13.6. The molecule has 1 N–H and O–H groups in total. The lowest BCUT2D eigenvalue weighted by Gasteiger charge is -2.16. The molecule has 2 aromatic carbocycles. The molecule has 1 aliphatic carbocycles. The average Bonchev–Trinajstić information content (AvgIpc) is 3.19. The predicted octanol–water partition coefficient (Wildman–Crippen LogP) is 2.23. The van der Waals surface area contributed by atoms with Crippen LogP contribution >= 0.6 is 0 Å². The fourth-order valence-corrected chi connectivity index (χ4v) is 3.33. The van der Waals surface area contributed by atoms with Gasteiger partial charge in [0, 0.05) is 6.42 Å². The summed E-state index contributed by atoms with van der Waals surface area (Å²) in [6.07, 6.45) is 3.37. The van der Waals surface area contributed by atoms with Crippen LogP contribution in [0.4, 0.5) is 0 Å². The van der Waals surface area contributed by atoms with E-state index in [1.807, 2.05) is 42.5 Å². The molecule has 146 valence electrons. The first-order valence-corrected chi connectivity index (χ1v) is 9.27. The Morgan fingerprint density at radius 1 is 1.04 bits per heavy atom. The number of aryl methyl sites for hydroxylation is 2. The lowest BCUT2D eigenvalue weighted by atomic mass is 10.1. The molecule has 0 heterocycles. The first kappa shape index (κ1) is 19.6. The van der Waals surface area contributed by atoms with Crippen molar-refractivity contribution in [2.45, 2.75) is 31.7 Å². The number of amides is 1. The van der Waals surface area contributed by atoms with E-state index in [1.54, 1.807) is 6.07 Å². The summed E-state index contributed by atoms with van der Waals surface area (Å²) in [6, 6.07) is 13.9. The number of esters is 2. The van der Waals surface area contributed by atoms with Gasteiger partial charge in [0.25, 0.3) is 5.91 Å². The second-order valence-electron chi connectivity index (χ2n) is 6.75. The smallest absolute Gasteiger partial charge is 0.338 e. The van der Waals surface area contributed by atoms with Crippen molar-refractivity contribution in [2.24, 2.45) is 0 Å². The molecule has 1 atom stereocenters. The van der Waals surface area contributed by atoms with Crippen molar-refractivity contribution in [1.29, 1.82) is 0 Å². The van der Waals surface area contributed by atoms with Crippen LogP contribution in [-0.4, -0.2) is 37.6 Å². The van der Waals surface area contributed by atoms with E-state index >= 15 is 0 Å². The number of nitrogens with one attached hydrogen (secondary N) is 1. The summed E-state index contributed by atoms with van der Waals surface area (Å²) in [7, 11) is 1.26. The fraction of sp³-hybridized carbons (Fsp3) is 0.318. The lowest BCUT2D eigenvalue weighted by molar-refractivity contribution is -0.145. The van der Waals surface area contributed by atoms with Gasteiger partial charge in [-0.05, 0) is 48.1 Å². The third kappa shape index (κ3) is 4.97. The Morgan fingerprint density at radius 3 is 2.54 bits per heavy atom. The Morgan fingerprint density at radius 2 is 1.79 bits per heavy atom. The monoisotopic (exact) mass is 381 g/mol. The van der Waals surface area contributed by atoms with Gasteiger partial charge in [-0.3, -0.25) is 4.79 Å². The van der Waals surface area contributed by atoms with Gasteiger partial charge in [-0.1, -0.05) is 36.4 Å². The van der Waals surface area contributed by atoms with E-state index in [9.17, 15) is 14.4 Å². The van der Waals surface area contributed by atoms with Crippen LogP contribution < -0.4 is 5.32 Å². The molecule has 0 saturated heterocycles. The molecule has 6 nitrogen and oxygen atoms in total. The number of ether oxygens (including phenoxy) is 2. The van der Waals surface area contributed by atoms with Crippen LogP contribution in [-0.2, 0) is 38.3 Å². The number of carbonyl (C=O) groups is 3. The van der Waals surface area contributed by atoms with Crippen molar-refractivity contribution in [3.05, 3.63) is 70.8 Å². The zero-order valence-corrected chi connectivity index (χ0v) is 15.8. The van der Waals surface area contributed by atoms with E-state index in [0.717, 1.165) is 30.4 Å². The van der Waals surface area contributed by atoms with Crippen molar-refractivity contribution in [1.82, 2.24) is 5.32 Å². The Hall–Kier alpha value is -3.15. The van der Waals surface area contributed by atoms with Gasteiger partial charge in [0.1, 0.15) is 6.04 Å². The van der Waals surface area contributed by atoms with Gasteiger partial charge in [-0.25, -0.2) is 9.59 Å². The molecule has 0 spiro atoms. The van der Waals surface area contributed by atoms with Crippen molar-refractivity contribution in [2.75, 3.05) is 13.7 Å². The molecule has 28 heavy (non-hydrogen) atoms. The Bertz CT molecular complexity index is 862. The molecule has 1 aliphatic rings. The third-order valence-corrected chi connectivity index (χ3v) is 4.77. The standard InChI is InChI=1S/C22H23NO5/c1-27-22(26)19(12-15-6-3-2-4-7-15)23-20(24)14-28-21(25)18-11-10-16-8-5-9-17(16)13-18/h2-4,6-7,10-11,13,19H,5,8-9,12,14H2,1H3,(H,23,24). The number of fused-ring (bicyclic) bond motifs is 1. The average molecular weight is 381 g/mol. The van der Waals surface area contributed by atoms with Crippen LogP contribution in [0.3, 0.4) is 0 Å². The van der Waals surface area contributed by atoms with Crippen LogP contribution in [0.2, 0.25) is 0 Å². The van der Waals surface area contributed by atoms with Gasteiger partial charge in [-0.15, -0.1) is 0 Å². The predicted molar refractivity (Wildman–Crippen MR) is 103 cm³/mol. The van der Waals surface area contributed by atoms with Crippen LogP contribution in [0.5, 0.6) is 0 Å². The molecule has 0 fully saturated rings. The first-order valence-electron chi connectivity index (χ1n) is 9.27. The number of carbonyl (C=O) groups excluding carboxylic acids is 3. The molecule has 2 aromatic rings. The quantitative estimate of drug-likeness (QED) is 0.744. The van der Waals surface area contributed by atoms with E-state index in [0.29, 0.717) is 5.56 Å². The minimum atomic E-state index is -0.849. The lowest BCUT2D eigenvalue weighted by Crippen LogP contribution is -2.44. The van der Waals surface area contributed by atoms with E-state index in [-0.39, 0.29) is 6.42 Å². The van der Waals surface area contributed by atoms with Crippen molar-refractivity contribution >= 4 is 17.8 Å². The minimum absolute atomic E-state index is 0.290. The second kappa shape index (κ2) is 9.17. The zero-order chi connectivity index (χ0) is 19.9. The maximum absolute atomic E-state index is 12.2. The molecule has 0 saturated carbocycles. The van der Waals surface area contributed by atoms with Crippen LogP contribution in [0.1, 0.15) is 33.5 Å². The molecule has 0 aliphatic heterocycles. The fourth-order valence-electron chi connectivity index (χ4n) is 3.33. The van der Waals surface area contributed by atoms with Crippen molar-refractivity contribution in [3.8, 4) is 0 Å². The molecular weight excluding hydrogens is 358 g/mol. The van der Waals surface area contributed by atoms with Gasteiger partial charge >= 0.3 is 11.9 Å². The summed E-state index contributed by atoms with van der Waals surface area (Å²) in [5, 5.41) is 2.57. The molecule has 1 unspecified atom stereocenters. The molecule has 6 heteroatoms. The maximum atomic E-state index is 12.2. The van der Waals surface area contributed by atoms with E-state index in [4.69, 9.17) is 9.47 Å². The number of methoxy groups -OCH3 is 1. The second-order valence-corrected chi connectivity index (χ2v) is 6.75. The number of hydrogen-bond acceptors (Lipinski definition) is 5. The van der Waals surface area contributed by atoms with Crippen LogP contribution in [0.15, 0.2) is 48.5 Å². The summed E-state index contributed by atoms with van der Waals surface area (Å²) in [6.45, 7) is -0.460. The maximum Gasteiger partial charge on any atom is 0.338 e. The van der Waals surface area contributed by atoms with Gasteiger partial charge in [0.2, 0.25) is 0 Å². The highest BCUT2D eigenvalue weighted by Crippen LogP contribution is 2.23. The highest BCUT2D eigenvalue weighted by molar-refractivity contribution is 5.92. The Balaban J connectivity index is 1.55.